The van der Waals surface area contributed by atoms with E-state index in [1.54, 1.807) is 36.3 Å². The molecule has 0 spiro atoms. The van der Waals surface area contributed by atoms with Crippen molar-refractivity contribution in [2.45, 2.75) is 18.9 Å². The maximum atomic E-state index is 13.0. The van der Waals surface area contributed by atoms with Gasteiger partial charge in [-0.2, -0.15) is 0 Å². The Morgan fingerprint density at radius 2 is 2.00 bits per heavy atom. The van der Waals surface area contributed by atoms with Crippen LogP contribution in [0.25, 0.3) is 10.9 Å². The van der Waals surface area contributed by atoms with Crippen LogP contribution in [0.5, 0.6) is 5.75 Å². The number of nitrogens with zero attached hydrogens (tertiary/aromatic N) is 1. The van der Waals surface area contributed by atoms with Gasteiger partial charge in [0.15, 0.2) is 0 Å². The molecule has 1 fully saturated rings. The zero-order valence-corrected chi connectivity index (χ0v) is 18.0. The number of carbonyl (C=O) groups is 3. The fourth-order valence-corrected chi connectivity index (χ4v) is 4.06. The van der Waals surface area contributed by atoms with Crippen LogP contribution in [-0.4, -0.2) is 49.6 Å². The number of benzene rings is 2. The van der Waals surface area contributed by atoms with Crippen molar-refractivity contribution in [3.63, 3.8) is 0 Å². The van der Waals surface area contributed by atoms with Crippen molar-refractivity contribution in [1.82, 2.24) is 10.3 Å². The van der Waals surface area contributed by atoms with Crippen LogP contribution in [0.4, 0.5) is 5.69 Å². The first kappa shape index (κ1) is 21.4. The van der Waals surface area contributed by atoms with Crippen LogP contribution in [0, 0.1) is 5.92 Å². The van der Waals surface area contributed by atoms with E-state index < -0.39 is 17.9 Å². The molecule has 0 radical (unpaired) electrons. The number of anilines is 1. The molecule has 4 rings (SSSR count). The van der Waals surface area contributed by atoms with E-state index in [1.807, 2.05) is 30.5 Å². The molecule has 1 saturated heterocycles. The van der Waals surface area contributed by atoms with Gasteiger partial charge in [0, 0.05) is 48.2 Å². The number of nitrogens with one attached hydrogen (secondary N) is 2. The molecule has 8 nitrogen and oxygen atoms in total. The van der Waals surface area contributed by atoms with Crippen LogP contribution in [0.15, 0.2) is 54.7 Å². The molecule has 8 heteroatoms. The zero-order chi connectivity index (χ0) is 22.7. The highest BCUT2D eigenvalue weighted by atomic mass is 16.5. The second kappa shape index (κ2) is 9.13. The molecule has 2 heterocycles. The van der Waals surface area contributed by atoms with Crippen molar-refractivity contribution in [2.24, 2.45) is 5.92 Å². The predicted molar refractivity (Wildman–Crippen MR) is 119 cm³/mol. The monoisotopic (exact) mass is 435 g/mol. The molecule has 1 aliphatic heterocycles. The van der Waals surface area contributed by atoms with Crippen LogP contribution in [0.2, 0.25) is 0 Å². The number of hydrogen-bond acceptors (Lipinski definition) is 5. The molecule has 2 amide bonds. The van der Waals surface area contributed by atoms with E-state index in [9.17, 15) is 14.4 Å². The Morgan fingerprint density at radius 1 is 1.19 bits per heavy atom. The number of hydrogen-bond donors (Lipinski definition) is 2. The summed E-state index contributed by atoms with van der Waals surface area (Å²) >= 11 is 0. The van der Waals surface area contributed by atoms with Gasteiger partial charge in [-0.3, -0.25) is 9.59 Å². The number of aromatic nitrogens is 1. The van der Waals surface area contributed by atoms with Crippen LogP contribution >= 0.6 is 0 Å². The maximum Gasteiger partial charge on any atom is 0.328 e. The summed E-state index contributed by atoms with van der Waals surface area (Å²) in [5, 5.41) is 3.78. The smallest absolute Gasteiger partial charge is 0.328 e. The molecule has 2 aromatic carbocycles. The van der Waals surface area contributed by atoms with Gasteiger partial charge in [0.05, 0.1) is 20.1 Å². The van der Waals surface area contributed by atoms with Crippen LogP contribution < -0.4 is 15.0 Å². The SMILES string of the molecule is COC(=O)C(Cc1c[nH]c2ccccc12)NC(=O)C1CC(=O)N(c2cccc(OC)c2)C1. The summed E-state index contributed by atoms with van der Waals surface area (Å²) in [7, 11) is 2.85. The van der Waals surface area contributed by atoms with E-state index in [4.69, 9.17) is 9.47 Å². The second-order valence-corrected chi connectivity index (χ2v) is 7.75. The number of para-hydroxylation sites is 1. The van der Waals surface area contributed by atoms with Crippen LogP contribution in [0.3, 0.4) is 0 Å². The highest BCUT2D eigenvalue weighted by Crippen LogP contribution is 2.28. The zero-order valence-electron chi connectivity index (χ0n) is 18.0. The van der Waals surface area contributed by atoms with Gasteiger partial charge in [-0.1, -0.05) is 24.3 Å². The average molecular weight is 435 g/mol. The van der Waals surface area contributed by atoms with E-state index in [-0.39, 0.29) is 31.2 Å². The quantitative estimate of drug-likeness (QED) is 0.555. The molecule has 1 aromatic heterocycles. The number of amides is 2. The number of esters is 1. The van der Waals surface area contributed by atoms with Gasteiger partial charge in [-0.25, -0.2) is 4.79 Å². The normalized spacial score (nSPS) is 16.8. The lowest BCUT2D eigenvalue weighted by molar-refractivity contribution is -0.145. The van der Waals surface area contributed by atoms with E-state index >= 15 is 0 Å². The second-order valence-electron chi connectivity index (χ2n) is 7.75. The third kappa shape index (κ3) is 4.30. The molecule has 1 aliphatic rings. The minimum absolute atomic E-state index is 0.0734. The molecule has 0 aliphatic carbocycles. The Labute approximate surface area is 185 Å². The lowest BCUT2D eigenvalue weighted by atomic mass is 10.0. The molecule has 2 N–H and O–H groups in total. The predicted octanol–water partition coefficient (Wildman–Crippen LogP) is 2.43. The van der Waals surface area contributed by atoms with Gasteiger partial charge in [-0.05, 0) is 23.8 Å². The van der Waals surface area contributed by atoms with Gasteiger partial charge < -0.3 is 24.7 Å². The average Bonchev–Trinajstić information content (AvgIpc) is 3.41. The lowest BCUT2D eigenvalue weighted by Crippen LogP contribution is -2.46. The molecular formula is C24H25N3O5. The molecular weight excluding hydrogens is 410 g/mol. The van der Waals surface area contributed by atoms with E-state index in [2.05, 4.69) is 10.3 Å². The minimum Gasteiger partial charge on any atom is -0.497 e. The Morgan fingerprint density at radius 3 is 2.78 bits per heavy atom. The van der Waals surface area contributed by atoms with Crippen molar-refractivity contribution >= 4 is 34.4 Å². The van der Waals surface area contributed by atoms with Crippen LogP contribution in [-0.2, 0) is 25.5 Å². The summed E-state index contributed by atoms with van der Waals surface area (Å²) in [6.07, 6.45) is 2.18. The van der Waals surface area contributed by atoms with Crippen LogP contribution in [0.1, 0.15) is 12.0 Å². The Hall–Kier alpha value is -3.81. The molecule has 2 atom stereocenters. The maximum absolute atomic E-state index is 13.0. The summed E-state index contributed by atoms with van der Waals surface area (Å²) in [4.78, 5) is 42.7. The number of methoxy groups -OCH3 is 2. The Kier molecular flexibility index (Phi) is 6.11. The van der Waals surface area contributed by atoms with Gasteiger partial charge >= 0.3 is 5.97 Å². The molecule has 3 aromatic rings. The summed E-state index contributed by atoms with van der Waals surface area (Å²) in [6, 6.07) is 14.0. The molecule has 166 valence electrons. The van der Waals surface area contributed by atoms with E-state index in [1.165, 1.54) is 7.11 Å². The molecule has 0 saturated carbocycles. The number of aromatic amines is 1. The summed E-state index contributed by atoms with van der Waals surface area (Å²) in [5.41, 5.74) is 2.53. The van der Waals surface area contributed by atoms with Crippen molar-refractivity contribution in [2.75, 3.05) is 25.7 Å². The number of fused-ring (bicyclic) bond motifs is 1. The molecule has 0 bridgehead atoms. The topological polar surface area (TPSA) is 101 Å². The van der Waals surface area contributed by atoms with Crippen molar-refractivity contribution < 1.29 is 23.9 Å². The minimum atomic E-state index is -0.854. The van der Waals surface area contributed by atoms with Gasteiger partial charge in [0.1, 0.15) is 11.8 Å². The standard InChI is InChI=1S/C24H25N3O5/c1-31-18-7-5-6-17(12-18)27-14-16(11-22(27)28)23(29)26-21(24(30)32-2)10-15-13-25-20-9-4-3-8-19(15)20/h3-9,12-13,16,21,25H,10-11,14H2,1-2H3,(H,26,29). The van der Waals surface area contributed by atoms with Crippen molar-refractivity contribution in [3.05, 3.63) is 60.3 Å². The number of carbonyl (C=O) groups excluding carboxylic acids is 3. The van der Waals surface area contributed by atoms with Crippen molar-refractivity contribution in [1.29, 1.82) is 0 Å². The van der Waals surface area contributed by atoms with Crippen molar-refractivity contribution in [3.8, 4) is 5.75 Å². The summed E-state index contributed by atoms with van der Waals surface area (Å²) in [5.74, 6) is -0.960. The summed E-state index contributed by atoms with van der Waals surface area (Å²) < 4.78 is 10.1. The van der Waals surface area contributed by atoms with Gasteiger partial charge in [-0.15, -0.1) is 0 Å². The van der Waals surface area contributed by atoms with E-state index in [0.717, 1.165) is 16.5 Å². The molecule has 2 unspecified atom stereocenters. The number of H-pyrrole nitrogens is 1. The lowest BCUT2D eigenvalue weighted by Gasteiger charge is -2.20. The Balaban J connectivity index is 1.47. The Bertz CT molecular complexity index is 1160. The summed E-state index contributed by atoms with van der Waals surface area (Å²) in [6.45, 7) is 0.235. The highest BCUT2D eigenvalue weighted by molar-refractivity contribution is 6.01. The first-order valence-electron chi connectivity index (χ1n) is 10.4. The highest BCUT2D eigenvalue weighted by Gasteiger charge is 2.37. The van der Waals surface area contributed by atoms with Gasteiger partial charge in [0.25, 0.3) is 0 Å². The fourth-order valence-electron chi connectivity index (χ4n) is 4.06. The largest absolute Gasteiger partial charge is 0.497 e. The fraction of sp³-hybridized carbons (Fsp3) is 0.292. The third-order valence-corrected chi connectivity index (χ3v) is 5.76. The first-order chi connectivity index (χ1) is 15.5. The number of rotatable bonds is 7. The third-order valence-electron chi connectivity index (χ3n) is 5.76. The first-order valence-corrected chi connectivity index (χ1v) is 10.4. The number of ether oxygens (including phenoxy) is 2. The molecule has 32 heavy (non-hydrogen) atoms. The van der Waals surface area contributed by atoms with Gasteiger partial charge in [0.2, 0.25) is 11.8 Å². The van der Waals surface area contributed by atoms with E-state index in [0.29, 0.717) is 11.4 Å².